The van der Waals surface area contributed by atoms with Crippen molar-refractivity contribution >= 4 is 46.7 Å². The highest BCUT2D eigenvalue weighted by molar-refractivity contribution is 8.00. The molecular weight excluding hydrogens is 576 g/mol. The van der Waals surface area contributed by atoms with Crippen molar-refractivity contribution < 1.29 is 9.53 Å². The number of nitrogens with zero attached hydrogens (tertiary/aromatic N) is 4. The van der Waals surface area contributed by atoms with Crippen LogP contribution in [0, 0.1) is 6.92 Å². The van der Waals surface area contributed by atoms with E-state index in [1.54, 1.807) is 41.0 Å². The van der Waals surface area contributed by atoms with Gasteiger partial charge in [0.05, 0.1) is 40.9 Å². The smallest absolute Gasteiger partial charge is 0.272 e. The Kier molecular flexibility index (Phi) is 7.92. The highest BCUT2D eigenvalue weighted by Gasteiger charge is 2.33. The Morgan fingerprint density at radius 3 is 2.51 bits per heavy atom. The molecule has 10 heteroatoms. The second-order valence-corrected chi connectivity index (χ2v) is 12.3. The first-order valence-electron chi connectivity index (χ1n) is 13.2. The van der Waals surface area contributed by atoms with E-state index in [1.807, 2.05) is 31.2 Å². The van der Waals surface area contributed by atoms with Crippen LogP contribution in [0.3, 0.4) is 0 Å². The van der Waals surface area contributed by atoms with Gasteiger partial charge in [-0.05, 0) is 66.6 Å². The Bertz CT molecular complexity index is 1690. The lowest BCUT2D eigenvalue weighted by atomic mass is 9.97. The van der Waals surface area contributed by atoms with Crippen molar-refractivity contribution in [3.8, 4) is 11.4 Å². The number of hydrogen-bond acceptors (Lipinski definition) is 7. The summed E-state index contributed by atoms with van der Waals surface area (Å²) in [6.45, 7) is 2.04. The molecule has 6 rings (SSSR count). The van der Waals surface area contributed by atoms with Crippen molar-refractivity contribution in [2.24, 2.45) is 5.10 Å². The molecule has 0 spiro atoms. The number of rotatable bonds is 7. The molecule has 4 aromatic rings. The summed E-state index contributed by atoms with van der Waals surface area (Å²) < 4.78 is 6.89. The molecule has 2 aliphatic rings. The molecule has 7 nitrogen and oxygen atoms in total. The van der Waals surface area contributed by atoms with Crippen molar-refractivity contribution in [2.45, 2.75) is 35.9 Å². The Labute approximate surface area is 251 Å². The number of hydrazone groups is 1. The third-order valence-corrected chi connectivity index (χ3v) is 9.41. The molecule has 0 saturated heterocycles. The molecule has 208 valence electrons. The normalized spacial score (nSPS) is 16.0. The zero-order chi connectivity index (χ0) is 28.5. The number of benzene rings is 3. The van der Waals surface area contributed by atoms with Crippen LogP contribution < -0.4 is 10.3 Å². The van der Waals surface area contributed by atoms with Crippen LogP contribution in [-0.4, -0.2) is 44.8 Å². The molecule has 0 N–H and O–H groups in total. The van der Waals surface area contributed by atoms with Crippen LogP contribution in [0.1, 0.15) is 34.8 Å². The van der Waals surface area contributed by atoms with E-state index in [0.29, 0.717) is 27.2 Å². The number of methoxy groups -OCH3 is 1. The Hall–Kier alpha value is -3.53. The van der Waals surface area contributed by atoms with Gasteiger partial charge in [0.15, 0.2) is 5.16 Å². The van der Waals surface area contributed by atoms with Crippen LogP contribution >= 0.6 is 35.1 Å². The highest BCUT2D eigenvalue weighted by Crippen LogP contribution is 2.35. The van der Waals surface area contributed by atoms with Crippen LogP contribution in [0.25, 0.3) is 5.69 Å². The fourth-order valence-electron chi connectivity index (χ4n) is 4.95. The lowest BCUT2D eigenvalue weighted by Crippen LogP contribution is -2.29. The minimum absolute atomic E-state index is 0.0771. The SMILES string of the molecule is COc1ccc(C2=NN(C(=O)CSc3nc4c(c(=O)n3-c3ccc(Cl)cc3)SCC4)C(c3ccc(C)cc3)C2)cc1. The summed E-state index contributed by atoms with van der Waals surface area (Å²) >= 11 is 8.89. The summed E-state index contributed by atoms with van der Waals surface area (Å²) in [5.41, 5.74) is 5.29. The van der Waals surface area contributed by atoms with Crippen LogP contribution in [0.4, 0.5) is 0 Å². The maximum absolute atomic E-state index is 13.8. The molecule has 41 heavy (non-hydrogen) atoms. The molecule has 0 saturated carbocycles. The van der Waals surface area contributed by atoms with Crippen LogP contribution in [0.5, 0.6) is 5.75 Å². The number of hydrogen-bond donors (Lipinski definition) is 0. The zero-order valence-corrected chi connectivity index (χ0v) is 24.9. The van der Waals surface area contributed by atoms with E-state index in [9.17, 15) is 9.59 Å². The largest absolute Gasteiger partial charge is 0.497 e. The molecule has 0 radical (unpaired) electrons. The van der Waals surface area contributed by atoms with Crippen molar-refractivity contribution in [2.75, 3.05) is 18.6 Å². The molecule has 0 bridgehead atoms. The van der Waals surface area contributed by atoms with Crippen molar-refractivity contribution in [1.82, 2.24) is 14.6 Å². The van der Waals surface area contributed by atoms with Crippen LogP contribution in [0.15, 0.2) is 92.7 Å². The van der Waals surface area contributed by atoms with E-state index < -0.39 is 0 Å². The summed E-state index contributed by atoms with van der Waals surface area (Å²) in [4.78, 5) is 32.8. The first-order valence-corrected chi connectivity index (χ1v) is 15.5. The van der Waals surface area contributed by atoms with Crippen LogP contribution in [-0.2, 0) is 11.2 Å². The average molecular weight is 603 g/mol. The Balaban J connectivity index is 1.31. The van der Waals surface area contributed by atoms with Crippen molar-refractivity contribution in [1.29, 1.82) is 0 Å². The lowest BCUT2D eigenvalue weighted by molar-refractivity contribution is -0.130. The summed E-state index contributed by atoms with van der Waals surface area (Å²) in [6, 6.07) is 22.8. The standard InChI is InChI=1S/C31H27ClN4O3S2/c1-19-3-5-21(6-4-19)27-17-26(20-7-13-24(39-2)14-8-20)34-36(27)28(37)18-41-31-33-25-15-16-40-29(25)30(38)35(31)23-11-9-22(32)10-12-23/h3-14,27H,15-18H2,1-2H3. The van der Waals surface area contributed by atoms with Gasteiger partial charge in [0.2, 0.25) is 0 Å². The van der Waals surface area contributed by atoms with Crippen LogP contribution in [0.2, 0.25) is 5.02 Å². The molecule has 1 unspecified atom stereocenters. The predicted molar refractivity (Wildman–Crippen MR) is 165 cm³/mol. The second-order valence-electron chi connectivity index (χ2n) is 9.82. The van der Waals surface area contributed by atoms with Gasteiger partial charge in [0.1, 0.15) is 5.75 Å². The van der Waals surface area contributed by atoms with Gasteiger partial charge in [-0.3, -0.25) is 14.2 Å². The first kappa shape index (κ1) is 27.6. The topological polar surface area (TPSA) is 76.8 Å². The fourth-order valence-corrected chi connectivity index (χ4v) is 6.98. The number of thioether (sulfide) groups is 2. The summed E-state index contributed by atoms with van der Waals surface area (Å²) in [5, 5.41) is 7.46. The Morgan fingerprint density at radius 1 is 1.07 bits per heavy atom. The number of fused-ring (bicyclic) bond motifs is 1. The molecule has 2 aliphatic heterocycles. The third-order valence-electron chi connectivity index (χ3n) is 7.13. The van der Waals surface area contributed by atoms with E-state index in [1.165, 1.54) is 23.5 Å². The molecule has 3 heterocycles. The second kappa shape index (κ2) is 11.8. The quantitative estimate of drug-likeness (QED) is 0.182. The molecule has 0 aliphatic carbocycles. The number of carbonyl (C=O) groups is 1. The van der Waals surface area contributed by atoms with Gasteiger partial charge in [0, 0.05) is 23.6 Å². The minimum atomic E-state index is -0.233. The molecular formula is C31H27ClN4O3S2. The summed E-state index contributed by atoms with van der Waals surface area (Å²) in [7, 11) is 1.63. The molecule has 1 aromatic heterocycles. The first-order chi connectivity index (χ1) is 19.9. The van der Waals surface area contributed by atoms with E-state index in [-0.39, 0.29) is 23.3 Å². The van der Waals surface area contributed by atoms with Gasteiger partial charge in [-0.2, -0.15) is 5.10 Å². The van der Waals surface area contributed by atoms with Gasteiger partial charge in [0.25, 0.3) is 11.5 Å². The van der Waals surface area contributed by atoms with E-state index >= 15 is 0 Å². The van der Waals surface area contributed by atoms with E-state index in [2.05, 4.69) is 24.3 Å². The van der Waals surface area contributed by atoms with Crippen molar-refractivity contribution in [3.05, 3.63) is 111 Å². The number of ether oxygens (including phenoxy) is 1. The number of aryl methyl sites for hydroxylation is 2. The lowest BCUT2D eigenvalue weighted by Gasteiger charge is -2.22. The van der Waals surface area contributed by atoms with E-state index in [0.717, 1.165) is 46.0 Å². The summed E-state index contributed by atoms with van der Waals surface area (Å²) in [5.74, 6) is 1.50. The fraction of sp³-hybridized carbons (Fsp3) is 0.226. The number of carbonyl (C=O) groups excluding carboxylic acids is 1. The molecule has 0 fully saturated rings. The van der Waals surface area contributed by atoms with Gasteiger partial charge >= 0.3 is 0 Å². The molecule has 3 aromatic carbocycles. The van der Waals surface area contributed by atoms with Gasteiger partial charge in [-0.15, -0.1) is 11.8 Å². The number of aromatic nitrogens is 2. The zero-order valence-electron chi connectivity index (χ0n) is 22.5. The number of amides is 1. The van der Waals surface area contributed by atoms with Gasteiger partial charge in [-0.25, -0.2) is 9.99 Å². The Morgan fingerprint density at radius 2 is 1.80 bits per heavy atom. The monoisotopic (exact) mass is 602 g/mol. The predicted octanol–water partition coefficient (Wildman–Crippen LogP) is 6.32. The van der Waals surface area contributed by atoms with Gasteiger partial charge in [-0.1, -0.05) is 53.2 Å². The maximum Gasteiger partial charge on any atom is 0.272 e. The highest BCUT2D eigenvalue weighted by atomic mass is 35.5. The van der Waals surface area contributed by atoms with Crippen molar-refractivity contribution in [3.63, 3.8) is 0 Å². The maximum atomic E-state index is 13.8. The minimum Gasteiger partial charge on any atom is -0.497 e. The average Bonchev–Trinajstić information content (AvgIpc) is 3.65. The molecule has 1 amide bonds. The van der Waals surface area contributed by atoms with E-state index in [4.69, 9.17) is 26.4 Å². The summed E-state index contributed by atoms with van der Waals surface area (Å²) in [6.07, 6.45) is 1.32. The number of halogens is 1. The third kappa shape index (κ3) is 5.66. The van der Waals surface area contributed by atoms with Gasteiger partial charge < -0.3 is 4.74 Å². The molecule has 1 atom stereocenters.